The molecule has 0 bridgehead atoms. The molecule has 0 radical (unpaired) electrons. The van der Waals surface area contributed by atoms with Crippen molar-refractivity contribution >= 4 is 0 Å². The summed E-state index contributed by atoms with van der Waals surface area (Å²) in [5.41, 5.74) is 0. The largest absolute Gasteiger partial charge is 0.392 e. The Morgan fingerprint density at radius 1 is 0.950 bits per heavy atom. The number of hydrogen-bond donors (Lipinski definition) is 1. The maximum atomic E-state index is 13.1. The highest BCUT2D eigenvalue weighted by atomic mass is 19.4. The number of nitrogens with zero attached hydrogens (tertiary/aromatic N) is 2. The zero-order valence-corrected chi connectivity index (χ0v) is 11.4. The molecule has 2 atom stereocenters. The van der Waals surface area contributed by atoms with Crippen LogP contribution < -0.4 is 0 Å². The molecule has 0 spiro atoms. The van der Waals surface area contributed by atoms with Gasteiger partial charge in [0.1, 0.15) is 5.82 Å². The van der Waals surface area contributed by atoms with Crippen molar-refractivity contribution in [2.45, 2.75) is 69.4 Å². The second kappa shape index (κ2) is 5.37. The van der Waals surface area contributed by atoms with E-state index in [1.807, 2.05) is 0 Å². The van der Waals surface area contributed by atoms with Gasteiger partial charge >= 0.3 is 6.18 Å². The summed E-state index contributed by atoms with van der Waals surface area (Å²) in [6.45, 7) is 0. The zero-order chi connectivity index (χ0) is 14.2. The lowest BCUT2D eigenvalue weighted by molar-refractivity contribution is -0.187. The van der Waals surface area contributed by atoms with E-state index in [1.54, 1.807) is 0 Å². The van der Waals surface area contributed by atoms with Gasteiger partial charge in [0, 0.05) is 11.8 Å². The minimum atomic E-state index is -4.13. The molecule has 2 unspecified atom stereocenters. The molecule has 2 saturated carbocycles. The van der Waals surface area contributed by atoms with Crippen LogP contribution in [0.2, 0.25) is 0 Å². The quantitative estimate of drug-likeness (QED) is 0.881. The summed E-state index contributed by atoms with van der Waals surface area (Å²) >= 11 is 0. The van der Waals surface area contributed by atoms with Gasteiger partial charge in [-0.15, -0.1) is 0 Å². The van der Waals surface area contributed by atoms with Gasteiger partial charge in [0.15, 0.2) is 5.82 Å². The molecule has 3 nitrogen and oxygen atoms in total. The van der Waals surface area contributed by atoms with E-state index in [4.69, 9.17) is 0 Å². The van der Waals surface area contributed by atoms with Gasteiger partial charge in [0.25, 0.3) is 0 Å². The molecule has 0 amide bonds. The third kappa shape index (κ3) is 2.69. The van der Waals surface area contributed by atoms with Crippen molar-refractivity contribution in [2.75, 3.05) is 0 Å². The van der Waals surface area contributed by atoms with Gasteiger partial charge in [-0.25, -0.2) is 4.98 Å². The normalized spacial score (nSPS) is 28.9. The van der Waals surface area contributed by atoms with E-state index in [0.29, 0.717) is 24.6 Å². The second-order valence-electron chi connectivity index (χ2n) is 6.10. The number of H-pyrrole nitrogens is 1. The predicted octanol–water partition coefficient (Wildman–Crippen LogP) is 4.30. The summed E-state index contributed by atoms with van der Waals surface area (Å²) in [7, 11) is 0. The number of aromatic nitrogens is 3. The molecule has 1 N–H and O–H groups in total. The van der Waals surface area contributed by atoms with Crippen LogP contribution in [0.15, 0.2) is 0 Å². The maximum Gasteiger partial charge on any atom is 0.392 e. The average Bonchev–Trinajstić information content (AvgIpc) is 3.09. The predicted molar refractivity (Wildman–Crippen MR) is 68.3 cm³/mol. The lowest BCUT2D eigenvalue weighted by atomic mass is 9.78. The average molecular weight is 287 g/mol. The molecule has 0 saturated heterocycles. The Bertz CT molecular complexity index is 449. The molecule has 112 valence electrons. The fraction of sp³-hybridized carbons (Fsp3) is 0.857. The SMILES string of the molecule is FC(F)(F)C1CCCCC1c1nc(C2CCCC2)n[nH]1. The maximum absolute atomic E-state index is 13.1. The Morgan fingerprint density at radius 2 is 1.60 bits per heavy atom. The summed E-state index contributed by atoms with van der Waals surface area (Å²) in [6.07, 6.45) is 2.60. The Kier molecular flexibility index (Phi) is 3.73. The molecule has 6 heteroatoms. The van der Waals surface area contributed by atoms with Gasteiger partial charge < -0.3 is 0 Å². The number of halogens is 3. The zero-order valence-electron chi connectivity index (χ0n) is 11.4. The summed E-state index contributed by atoms with van der Waals surface area (Å²) in [4.78, 5) is 4.41. The highest BCUT2D eigenvalue weighted by molar-refractivity contribution is 5.06. The minimum absolute atomic E-state index is 0.216. The topological polar surface area (TPSA) is 41.6 Å². The van der Waals surface area contributed by atoms with Crippen LogP contribution in [0, 0.1) is 5.92 Å². The fourth-order valence-corrected chi connectivity index (χ4v) is 3.67. The first-order valence-corrected chi connectivity index (χ1v) is 7.54. The lowest BCUT2D eigenvalue weighted by Crippen LogP contribution is -2.32. The Labute approximate surface area is 116 Å². The van der Waals surface area contributed by atoms with Crippen LogP contribution in [0.3, 0.4) is 0 Å². The van der Waals surface area contributed by atoms with E-state index in [0.717, 1.165) is 25.1 Å². The number of aromatic amines is 1. The molecule has 1 aromatic heterocycles. The van der Waals surface area contributed by atoms with Gasteiger partial charge in [-0.05, 0) is 25.7 Å². The highest BCUT2D eigenvalue weighted by Crippen LogP contribution is 2.45. The van der Waals surface area contributed by atoms with Crippen molar-refractivity contribution in [1.82, 2.24) is 15.2 Å². The van der Waals surface area contributed by atoms with Gasteiger partial charge in [0.05, 0.1) is 5.92 Å². The van der Waals surface area contributed by atoms with Crippen molar-refractivity contribution < 1.29 is 13.2 Å². The first-order chi connectivity index (χ1) is 9.55. The van der Waals surface area contributed by atoms with Crippen molar-refractivity contribution in [2.24, 2.45) is 5.92 Å². The van der Waals surface area contributed by atoms with Crippen molar-refractivity contribution in [1.29, 1.82) is 0 Å². The van der Waals surface area contributed by atoms with Gasteiger partial charge in [-0.2, -0.15) is 18.3 Å². The first-order valence-electron chi connectivity index (χ1n) is 7.54. The van der Waals surface area contributed by atoms with Gasteiger partial charge in [-0.1, -0.05) is 25.7 Å². The highest BCUT2D eigenvalue weighted by Gasteiger charge is 2.47. The van der Waals surface area contributed by atoms with Crippen molar-refractivity contribution in [3.63, 3.8) is 0 Å². The van der Waals surface area contributed by atoms with Crippen LogP contribution in [0.5, 0.6) is 0 Å². The summed E-state index contributed by atoms with van der Waals surface area (Å²) in [6, 6.07) is 0. The summed E-state index contributed by atoms with van der Waals surface area (Å²) < 4.78 is 39.4. The van der Waals surface area contributed by atoms with E-state index in [2.05, 4.69) is 15.2 Å². The second-order valence-corrected chi connectivity index (χ2v) is 6.10. The van der Waals surface area contributed by atoms with Crippen LogP contribution >= 0.6 is 0 Å². The Hall–Kier alpha value is -1.07. The molecule has 1 aromatic rings. The van der Waals surface area contributed by atoms with Crippen LogP contribution in [0.25, 0.3) is 0 Å². The molecule has 1 heterocycles. The summed E-state index contributed by atoms with van der Waals surface area (Å²) in [5.74, 6) is -0.280. The monoisotopic (exact) mass is 287 g/mol. The molecule has 0 aliphatic heterocycles. The molecule has 2 fully saturated rings. The van der Waals surface area contributed by atoms with Gasteiger partial charge in [-0.3, -0.25) is 5.10 Å². The number of hydrogen-bond acceptors (Lipinski definition) is 2. The van der Waals surface area contributed by atoms with E-state index < -0.39 is 18.0 Å². The van der Waals surface area contributed by atoms with Gasteiger partial charge in [0.2, 0.25) is 0 Å². The Balaban J connectivity index is 1.79. The molecule has 2 aliphatic carbocycles. The number of rotatable bonds is 2. The minimum Gasteiger partial charge on any atom is -0.263 e. The van der Waals surface area contributed by atoms with Crippen LogP contribution in [-0.2, 0) is 0 Å². The number of alkyl halides is 3. The first kappa shape index (κ1) is 13.9. The van der Waals surface area contributed by atoms with Crippen molar-refractivity contribution in [3.05, 3.63) is 11.6 Å². The number of nitrogens with one attached hydrogen (secondary N) is 1. The van der Waals surface area contributed by atoms with E-state index in [9.17, 15) is 13.2 Å². The smallest absolute Gasteiger partial charge is 0.263 e. The molecule has 20 heavy (non-hydrogen) atoms. The Morgan fingerprint density at radius 3 is 2.30 bits per heavy atom. The fourth-order valence-electron chi connectivity index (χ4n) is 3.67. The third-order valence-electron chi connectivity index (χ3n) is 4.78. The lowest BCUT2D eigenvalue weighted by Gasteiger charge is -2.31. The summed E-state index contributed by atoms with van der Waals surface area (Å²) in [5, 5.41) is 6.98. The van der Waals surface area contributed by atoms with E-state index in [1.165, 1.54) is 12.8 Å². The molecular weight excluding hydrogens is 267 g/mol. The van der Waals surface area contributed by atoms with Crippen LogP contribution in [0.4, 0.5) is 13.2 Å². The third-order valence-corrected chi connectivity index (χ3v) is 4.78. The standard InChI is InChI=1S/C14H20F3N3/c15-14(16,17)11-8-4-3-7-10(11)13-18-12(19-20-13)9-5-1-2-6-9/h9-11H,1-8H2,(H,18,19,20). The molecule has 0 aromatic carbocycles. The van der Waals surface area contributed by atoms with Crippen LogP contribution in [-0.4, -0.2) is 21.4 Å². The molecular formula is C14H20F3N3. The van der Waals surface area contributed by atoms with Crippen molar-refractivity contribution in [3.8, 4) is 0 Å². The van der Waals surface area contributed by atoms with E-state index >= 15 is 0 Å². The molecule has 3 rings (SSSR count). The van der Waals surface area contributed by atoms with Crippen LogP contribution in [0.1, 0.15) is 74.9 Å². The van der Waals surface area contributed by atoms with E-state index in [-0.39, 0.29) is 6.42 Å². The molecule has 2 aliphatic rings.